The third-order valence-electron chi connectivity index (χ3n) is 4.16. The van der Waals surface area contributed by atoms with Crippen molar-refractivity contribution < 1.29 is 23.9 Å². The Morgan fingerprint density at radius 2 is 2.03 bits per heavy atom. The molecule has 0 radical (unpaired) electrons. The summed E-state index contributed by atoms with van der Waals surface area (Å²) in [6, 6.07) is 11.7. The van der Waals surface area contributed by atoms with E-state index in [-0.39, 0.29) is 30.1 Å². The molecule has 4 rings (SSSR count). The summed E-state index contributed by atoms with van der Waals surface area (Å²) in [5.74, 6) is -0.355. The van der Waals surface area contributed by atoms with Gasteiger partial charge in [0, 0.05) is 16.6 Å². The predicted molar refractivity (Wildman–Crippen MR) is 109 cm³/mol. The van der Waals surface area contributed by atoms with Crippen molar-refractivity contribution in [3.63, 3.8) is 0 Å². The lowest BCUT2D eigenvalue weighted by Crippen LogP contribution is -2.22. The Morgan fingerprint density at radius 1 is 1.20 bits per heavy atom. The Kier molecular flexibility index (Phi) is 5.42. The minimum absolute atomic E-state index is 0.166. The van der Waals surface area contributed by atoms with Crippen LogP contribution in [-0.2, 0) is 11.3 Å². The highest BCUT2D eigenvalue weighted by Gasteiger charge is 2.21. The van der Waals surface area contributed by atoms with E-state index in [0.717, 1.165) is 11.3 Å². The zero-order valence-corrected chi connectivity index (χ0v) is 16.3. The lowest BCUT2D eigenvalue weighted by atomic mass is 10.1. The molecule has 1 aromatic heterocycles. The summed E-state index contributed by atoms with van der Waals surface area (Å²) < 4.78 is 10.7. The summed E-state index contributed by atoms with van der Waals surface area (Å²) >= 11 is 1.13. The van der Waals surface area contributed by atoms with E-state index in [1.54, 1.807) is 42.5 Å². The first-order valence-electron chi connectivity index (χ1n) is 8.89. The molecule has 0 aliphatic carbocycles. The van der Waals surface area contributed by atoms with Crippen LogP contribution in [0, 0.1) is 0 Å². The average molecular weight is 424 g/mol. The van der Waals surface area contributed by atoms with E-state index in [1.807, 2.05) is 0 Å². The van der Waals surface area contributed by atoms with E-state index in [1.165, 1.54) is 6.20 Å². The maximum atomic E-state index is 12.5. The Bertz CT molecular complexity index is 1140. The van der Waals surface area contributed by atoms with Crippen LogP contribution in [0.5, 0.6) is 16.7 Å². The topological polar surface area (TPSA) is 133 Å². The number of carbonyl (C=O) groups excluding carboxylic acids is 3. The van der Waals surface area contributed by atoms with Crippen molar-refractivity contribution in [3.05, 3.63) is 64.7 Å². The minimum atomic E-state index is -0.587. The highest BCUT2D eigenvalue weighted by Crippen LogP contribution is 2.36. The minimum Gasteiger partial charge on any atom is -0.454 e. The largest absolute Gasteiger partial charge is 0.454 e. The summed E-state index contributed by atoms with van der Waals surface area (Å²) in [4.78, 5) is 40.8. The maximum absolute atomic E-state index is 12.5. The quantitative estimate of drug-likeness (QED) is 0.535. The molecule has 1 aliphatic rings. The number of fused-ring (bicyclic) bond motifs is 2. The number of rotatable bonds is 5. The van der Waals surface area contributed by atoms with Gasteiger partial charge in [-0.25, -0.2) is 4.98 Å². The van der Waals surface area contributed by atoms with Gasteiger partial charge in [-0.3, -0.25) is 14.4 Å². The van der Waals surface area contributed by atoms with Crippen LogP contribution in [0.4, 0.5) is 5.69 Å². The van der Waals surface area contributed by atoms with E-state index in [9.17, 15) is 14.4 Å². The number of hydrogen-bond acceptors (Lipinski definition) is 8. The summed E-state index contributed by atoms with van der Waals surface area (Å²) in [6.07, 6.45) is 1.51. The number of anilines is 1. The normalized spacial score (nSPS) is 12.0. The molecule has 152 valence electrons. The molecule has 2 aromatic carbocycles. The predicted octanol–water partition coefficient (Wildman–Crippen LogP) is 2.30. The molecule has 0 spiro atoms. The number of thiazole rings is 1. The zero-order chi connectivity index (χ0) is 21.1. The van der Waals surface area contributed by atoms with Gasteiger partial charge >= 0.3 is 5.97 Å². The molecular formula is C20H16N4O5S. The van der Waals surface area contributed by atoms with Gasteiger partial charge in [0.15, 0.2) is 5.75 Å². The number of hydrogen-bond donors (Lipinski definition) is 3. The van der Waals surface area contributed by atoms with Gasteiger partial charge in [0.1, 0.15) is 5.75 Å². The Balaban J connectivity index is 1.44. The van der Waals surface area contributed by atoms with Crippen LogP contribution < -0.4 is 25.8 Å². The fourth-order valence-corrected chi connectivity index (χ4v) is 3.45. The second kappa shape index (κ2) is 8.31. The number of esters is 1. The third kappa shape index (κ3) is 4.14. The highest BCUT2D eigenvalue weighted by molar-refractivity contribution is 7.13. The number of nitrogens with zero attached hydrogens (tertiary/aromatic N) is 1. The number of nitrogens with two attached hydrogens (primary N) is 1. The van der Waals surface area contributed by atoms with Gasteiger partial charge in [0.05, 0.1) is 24.3 Å². The molecule has 0 saturated carbocycles. The molecule has 2 amide bonds. The summed E-state index contributed by atoms with van der Waals surface area (Å²) in [5.41, 5.74) is 6.35. The first-order valence-corrected chi connectivity index (χ1v) is 9.71. The van der Waals surface area contributed by atoms with Crippen LogP contribution in [0.2, 0.25) is 0 Å². The molecule has 0 unspecified atom stereocenters. The average Bonchev–Trinajstić information content (AvgIpc) is 3.14. The fraction of sp³-hybridized carbons (Fsp3) is 0.100. The van der Waals surface area contributed by atoms with Crippen molar-refractivity contribution in [1.29, 1.82) is 0 Å². The van der Waals surface area contributed by atoms with Crippen molar-refractivity contribution in [2.45, 2.75) is 6.54 Å². The molecule has 3 aromatic rings. The van der Waals surface area contributed by atoms with E-state index < -0.39 is 5.97 Å². The van der Waals surface area contributed by atoms with Crippen LogP contribution in [0.3, 0.4) is 0 Å². The zero-order valence-electron chi connectivity index (χ0n) is 15.5. The van der Waals surface area contributed by atoms with Crippen molar-refractivity contribution in [2.24, 2.45) is 5.73 Å². The van der Waals surface area contributed by atoms with Gasteiger partial charge in [0.25, 0.3) is 17.0 Å². The maximum Gasteiger partial charge on any atom is 0.327 e. The number of carbonyl (C=O) groups is 3. The monoisotopic (exact) mass is 424 g/mol. The van der Waals surface area contributed by atoms with Crippen molar-refractivity contribution in [2.75, 3.05) is 11.9 Å². The van der Waals surface area contributed by atoms with E-state index >= 15 is 0 Å². The first kappa shape index (κ1) is 19.6. The second-order valence-electron chi connectivity index (χ2n) is 6.22. The second-order valence-corrected chi connectivity index (χ2v) is 7.29. The van der Waals surface area contributed by atoms with E-state index in [2.05, 4.69) is 15.6 Å². The summed E-state index contributed by atoms with van der Waals surface area (Å²) in [6.45, 7) is -0.0443. The van der Waals surface area contributed by atoms with Gasteiger partial charge in [-0.2, -0.15) is 0 Å². The first-order chi connectivity index (χ1) is 14.5. The molecule has 0 fully saturated rings. The number of aromatic nitrogens is 1. The van der Waals surface area contributed by atoms with Crippen molar-refractivity contribution in [3.8, 4) is 16.7 Å². The van der Waals surface area contributed by atoms with E-state index in [0.29, 0.717) is 33.2 Å². The van der Waals surface area contributed by atoms with Gasteiger partial charge < -0.3 is 25.8 Å². The van der Waals surface area contributed by atoms with Crippen LogP contribution >= 0.6 is 11.3 Å². The lowest BCUT2D eigenvalue weighted by molar-refractivity contribution is -0.132. The van der Waals surface area contributed by atoms with E-state index in [4.69, 9.17) is 15.2 Å². The van der Waals surface area contributed by atoms with Gasteiger partial charge in [-0.05, 0) is 30.3 Å². The highest BCUT2D eigenvalue weighted by atomic mass is 32.1. The van der Waals surface area contributed by atoms with Gasteiger partial charge in [0.2, 0.25) is 0 Å². The molecular weight excluding hydrogens is 408 g/mol. The molecule has 2 heterocycles. The molecule has 10 heteroatoms. The summed E-state index contributed by atoms with van der Waals surface area (Å²) in [7, 11) is 0. The number of nitrogens with one attached hydrogen (secondary N) is 2. The Morgan fingerprint density at radius 3 is 2.87 bits per heavy atom. The van der Waals surface area contributed by atoms with Gasteiger partial charge in [-0.15, -0.1) is 0 Å². The molecule has 9 nitrogen and oxygen atoms in total. The smallest absolute Gasteiger partial charge is 0.327 e. The molecule has 0 atom stereocenters. The van der Waals surface area contributed by atoms with Crippen LogP contribution in [0.1, 0.15) is 25.6 Å². The number of ether oxygens (including phenoxy) is 2. The number of amides is 2. The molecule has 1 aliphatic heterocycles. The number of para-hydroxylation sites is 1. The van der Waals surface area contributed by atoms with Crippen LogP contribution in [0.15, 0.2) is 48.7 Å². The molecule has 30 heavy (non-hydrogen) atoms. The SMILES string of the molecule is NCC(=O)Oc1ncc(CNC(=O)c2ccc3c(c2)NC(=O)c2ccccc2O3)s1. The van der Waals surface area contributed by atoms with Gasteiger partial charge in [-0.1, -0.05) is 23.5 Å². The number of benzene rings is 2. The van der Waals surface area contributed by atoms with Crippen LogP contribution in [-0.4, -0.2) is 29.3 Å². The van der Waals surface area contributed by atoms with Crippen molar-refractivity contribution >= 4 is 34.8 Å². The van der Waals surface area contributed by atoms with Crippen LogP contribution in [0.25, 0.3) is 0 Å². The Labute approximate surface area is 174 Å². The standard InChI is InChI=1S/C20H16N4O5S/c21-8-17(25)29-20-23-10-12(30-20)9-22-18(26)11-5-6-16-14(7-11)24-19(27)13-3-1-2-4-15(13)28-16/h1-7,10H,8-9,21H2,(H,22,26)(H,24,27). The molecule has 0 saturated heterocycles. The van der Waals surface area contributed by atoms with Crippen molar-refractivity contribution in [1.82, 2.24) is 10.3 Å². The molecule has 0 bridgehead atoms. The summed E-state index contributed by atoms with van der Waals surface area (Å²) in [5, 5.41) is 5.69. The third-order valence-corrected chi connectivity index (χ3v) is 5.04. The fourth-order valence-electron chi connectivity index (χ4n) is 2.74. The molecule has 4 N–H and O–H groups in total. The lowest BCUT2D eigenvalue weighted by Gasteiger charge is -2.10. The Hall–Kier alpha value is -3.76.